The number of halogens is 1. The minimum atomic E-state index is 0. The normalized spacial score (nSPS) is 20.3. The van der Waals surface area contributed by atoms with Gasteiger partial charge < -0.3 is 19.7 Å². The van der Waals surface area contributed by atoms with Crippen LogP contribution in [-0.4, -0.2) is 64.0 Å². The van der Waals surface area contributed by atoms with Gasteiger partial charge in [-0.05, 0) is 38.0 Å². The summed E-state index contributed by atoms with van der Waals surface area (Å²) < 4.78 is 10.9. The third kappa shape index (κ3) is 7.15. The molecule has 5 nitrogen and oxygen atoms in total. The quantitative estimate of drug-likeness (QED) is 0.302. The van der Waals surface area contributed by atoms with Crippen LogP contribution < -0.4 is 5.32 Å². The monoisotopic (exact) mass is 411 g/mol. The molecule has 2 fully saturated rings. The largest absolute Gasteiger partial charge is 0.385 e. The minimum absolute atomic E-state index is 0. The SMILES string of the molecule is CN=C(NCC1CC1)N1CCC(OCCCOC)CC1.I. The van der Waals surface area contributed by atoms with E-state index in [4.69, 9.17) is 9.47 Å². The van der Waals surface area contributed by atoms with E-state index in [1.807, 2.05) is 7.05 Å². The summed E-state index contributed by atoms with van der Waals surface area (Å²) in [7, 11) is 3.61. The van der Waals surface area contributed by atoms with Gasteiger partial charge in [0.15, 0.2) is 5.96 Å². The van der Waals surface area contributed by atoms with Gasteiger partial charge in [0, 0.05) is 47.0 Å². The molecule has 1 saturated heterocycles. The maximum absolute atomic E-state index is 5.89. The first-order chi connectivity index (χ1) is 9.83. The molecule has 2 aliphatic rings. The van der Waals surface area contributed by atoms with Crippen molar-refractivity contribution < 1.29 is 9.47 Å². The first-order valence-electron chi connectivity index (χ1n) is 7.89. The van der Waals surface area contributed by atoms with E-state index in [-0.39, 0.29) is 24.0 Å². The molecule has 2 rings (SSSR count). The topological polar surface area (TPSA) is 46.1 Å². The number of likely N-dealkylation sites (tertiary alicyclic amines) is 1. The second-order valence-corrected chi connectivity index (χ2v) is 5.78. The standard InChI is InChI=1S/C15H29N3O2.HI/c1-16-15(17-12-13-4-5-13)18-8-6-14(7-9-18)20-11-3-10-19-2;/h13-14H,3-12H2,1-2H3,(H,16,17);1H. The minimum Gasteiger partial charge on any atom is -0.385 e. The van der Waals surface area contributed by atoms with Crippen LogP contribution in [-0.2, 0) is 9.47 Å². The van der Waals surface area contributed by atoms with Crippen LogP contribution in [0, 0.1) is 5.92 Å². The first kappa shape index (κ1) is 19.0. The van der Waals surface area contributed by atoms with Crippen molar-refractivity contribution in [2.45, 2.75) is 38.2 Å². The smallest absolute Gasteiger partial charge is 0.193 e. The van der Waals surface area contributed by atoms with Gasteiger partial charge in [-0.1, -0.05) is 0 Å². The van der Waals surface area contributed by atoms with Crippen LogP contribution in [0.3, 0.4) is 0 Å². The molecule has 0 bridgehead atoms. The van der Waals surface area contributed by atoms with Crippen molar-refractivity contribution in [3.05, 3.63) is 0 Å². The van der Waals surface area contributed by atoms with E-state index in [0.29, 0.717) is 6.10 Å². The maximum atomic E-state index is 5.89. The van der Waals surface area contributed by atoms with Crippen LogP contribution in [0.1, 0.15) is 32.1 Å². The lowest BCUT2D eigenvalue weighted by atomic mass is 10.1. The molecule has 1 aliphatic carbocycles. The van der Waals surface area contributed by atoms with E-state index >= 15 is 0 Å². The summed E-state index contributed by atoms with van der Waals surface area (Å²) in [5.41, 5.74) is 0. The lowest BCUT2D eigenvalue weighted by Crippen LogP contribution is -2.47. The van der Waals surface area contributed by atoms with E-state index < -0.39 is 0 Å². The number of piperidine rings is 1. The molecule has 1 N–H and O–H groups in total. The second kappa shape index (κ2) is 10.6. The number of hydrogen-bond acceptors (Lipinski definition) is 3. The fourth-order valence-corrected chi connectivity index (χ4v) is 2.58. The first-order valence-corrected chi connectivity index (χ1v) is 7.89. The molecule has 1 heterocycles. The zero-order valence-electron chi connectivity index (χ0n) is 13.3. The number of rotatable bonds is 7. The third-order valence-corrected chi connectivity index (χ3v) is 4.05. The van der Waals surface area contributed by atoms with Gasteiger partial charge in [0.25, 0.3) is 0 Å². The Morgan fingerprint density at radius 1 is 1.19 bits per heavy atom. The van der Waals surface area contributed by atoms with E-state index in [0.717, 1.165) is 64.0 Å². The van der Waals surface area contributed by atoms with Gasteiger partial charge in [-0.15, -0.1) is 24.0 Å². The summed E-state index contributed by atoms with van der Waals surface area (Å²) in [4.78, 5) is 6.76. The zero-order valence-corrected chi connectivity index (χ0v) is 15.7. The Labute approximate surface area is 145 Å². The second-order valence-electron chi connectivity index (χ2n) is 5.78. The Morgan fingerprint density at radius 2 is 1.90 bits per heavy atom. The molecule has 0 unspecified atom stereocenters. The fourth-order valence-electron chi connectivity index (χ4n) is 2.58. The van der Waals surface area contributed by atoms with Gasteiger partial charge in [-0.2, -0.15) is 0 Å². The van der Waals surface area contributed by atoms with Crippen LogP contribution in [0.5, 0.6) is 0 Å². The fraction of sp³-hybridized carbons (Fsp3) is 0.933. The van der Waals surface area contributed by atoms with Crippen molar-refractivity contribution in [2.24, 2.45) is 10.9 Å². The van der Waals surface area contributed by atoms with E-state index in [1.165, 1.54) is 12.8 Å². The van der Waals surface area contributed by atoms with E-state index in [1.54, 1.807) is 7.11 Å². The van der Waals surface area contributed by atoms with Crippen molar-refractivity contribution in [1.82, 2.24) is 10.2 Å². The van der Waals surface area contributed by atoms with Crippen molar-refractivity contribution in [3.63, 3.8) is 0 Å². The van der Waals surface area contributed by atoms with Crippen LogP contribution in [0.15, 0.2) is 4.99 Å². The van der Waals surface area contributed by atoms with Crippen LogP contribution in [0.4, 0.5) is 0 Å². The molecule has 0 amide bonds. The summed E-state index contributed by atoms with van der Waals surface area (Å²) in [6, 6.07) is 0. The summed E-state index contributed by atoms with van der Waals surface area (Å²) >= 11 is 0. The molecule has 0 aromatic heterocycles. The molecule has 6 heteroatoms. The van der Waals surface area contributed by atoms with Gasteiger partial charge in [-0.25, -0.2) is 0 Å². The van der Waals surface area contributed by atoms with Crippen molar-refractivity contribution >= 4 is 29.9 Å². The Bertz CT molecular complexity index is 303. The molecule has 0 radical (unpaired) electrons. The van der Waals surface area contributed by atoms with Gasteiger partial charge >= 0.3 is 0 Å². The predicted molar refractivity (Wildman–Crippen MR) is 96.5 cm³/mol. The van der Waals surface area contributed by atoms with Gasteiger partial charge in [0.1, 0.15) is 0 Å². The zero-order chi connectivity index (χ0) is 14.2. The van der Waals surface area contributed by atoms with E-state index in [9.17, 15) is 0 Å². The van der Waals surface area contributed by atoms with Gasteiger partial charge in [0.05, 0.1) is 6.10 Å². The van der Waals surface area contributed by atoms with Gasteiger partial charge in [0.2, 0.25) is 0 Å². The highest BCUT2D eigenvalue weighted by Gasteiger charge is 2.24. The average Bonchev–Trinajstić information content (AvgIpc) is 3.30. The highest BCUT2D eigenvalue weighted by molar-refractivity contribution is 14.0. The van der Waals surface area contributed by atoms with Crippen LogP contribution >= 0.6 is 24.0 Å². The summed E-state index contributed by atoms with van der Waals surface area (Å²) in [5, 5.41) is 3.49. The number of guanidine groups is 1. The molecule has 0 spiro atoms. The molecular formula is C15H30IN3O2. The molecule has 0 atom stereocenters. The number of aliphatic imine (C=N–C) groups is 1. The summed E-state index contributed by atoms with van der Waals surface area (Å²) in [5.74, 6) is 1.95. The number of nitrogens with one attached hydrogen (secondary N) is 1. The van der Waals surface area contributed by atoms with Crippen LogP contribution in [0.2, 0.25) is 0 Å². The van der Waals surface area contributed by atoms with Crippen molar-refractivity contribution in [2.75, 3.05) is 47.0 Å². The predicted octanol–water partition coefficient (Wildman–Crippen LogP) is 2.11. The summed E-state index contributed by atoms with van der Waals surface area (Å²) in [6.07, 6.45) is 6.34. The molecule has 1 saturated carbocycles. The molecule has 21 heavy (non-hydrogen) atoms. The Balaban J connectivity index is 0.00000220. The highest BCUT2D eigenvalue weighted by Crippen LogP contribution is 2.27. The number of methoxy groups -OCH3 is 1. The molecule has 0 aromatic carbocycles. The van der Waals surface area contributed by atoms with Gasteiger partial charge in [-0.3, -0.25) is 4.99 Å². The Kier molecular flexibility index (Phi) is 9.59. The number of ether oxygens (including phenoxy) is 2. The molecule has 1 aliphatic heterocycles. The molecular weight excluding hydrogens is 381 g/mol. The lowest BCUT2D eigenvalue weighted by molar-refractivity contribution is 0.00990. The maximum Gasteiger partial charge on any atom is 0.193 e. The third-order valence-electron chi connectivity index (χ3n) is 4.05. The molecule has 124 valence electrons. The molecule has 0 aromatic rings. The Morgan fingerprint density at radius 3 is 2.48 bits per heavy atom. The van der Waals surface area contributed by atoms with Crippen molar-refractivity contribution in [3.8, 4) is 0 Å². The highest BCUT2D eigenvalue weighted by atomic mass is 127. The lowest BCUT2D eigenvalue weighted by Gasteiger charge is -2.34. The number of nitrogens with zero attached hydrogens (tertiary/aromatic N) is 2. The average molecular weight is 411 g/mol. The number of hydrogen-bond donors (Lipinski definition) is 1. The summed E-state index contributed by atoms with van der Waals surface area (Å²) in [6.45, 7) is 4.77. The Hall–Kier alpha value is -0.0800. The van der Waals surface area contributed by atoms with Crippen LogP contribution in [0.25, 0.3) is 0 Å². The van der Waals surface area contributed by atoms with Crippen molar-refractivity contribution in [1.29, 1.82) is 0 Å². The van der Waals surface area contributed by atoms with E-state index in [2.05, 4.69) is 15.2 Å².